The Balaban J connectivity index is 1.49. The summed E-state index contributed by atoms with van der Waals surface area (Å²) in [6.07, 6.45) is 3.15. The minimum Gasteiger partial charge on any atom is -0.491 e. The molecule has 3 aromatic rings. The number of hydrogen-bond donors (Lipinski definition) is 2. The van der Waals surface area contributed by atoms with Crippen molar-refractivity contribution in [3.63, 3.8) is 0 Å². The minimum atomic E-state index is -4.54. The third kappa shape index (κ3) is 6.14. The van der Waals surface area contributed by atoms with Crippen LogP contribution in [0.4, 0.5) is 8.78 Å². The summed E-state index contributed by atoms with van der Waals surface area (Å²) in [5.74, 6) is -4.12. The maximum absolute atomic E-state index is 16.2. The molecule has 11 heteroatoms. The average molecular weight is 651 g/mol. The first-order chi connectivity index (χ1) is 19.4. The highest BCUT2D eigenvalue weighted by molar-refractivity contribution is 9.10. The van der Waals surface area contributed by atoms with Crippen molar-refractivity contribution >= 4 is 42.6 Å². The van der Waals surface area contributed by atoms with Gasteiger partial charge in [-0.1, -0.05) is 47.1 Å². The summed E-state index contributed by atoms with van der Waals surface area (Å²) in [7, 11) is -4.54. The summed E-state index contributed by atoms with van der Waals surface area (Å²) in [5, 5.41) is 1.33. The maximum Gasteiger partial charge on any atom is 0.298 e. The van der Waals surface area contributed by atoms with E-state index < -0.39 is 33.5 Å². The average Bonchev–Trinajstić information content (AvgIpc) is 3.21. The van der Waals surface area contributed by atoms with E-state index in [9.17, 15) is 13.2 Å². The highest BCUT2D eigenvalue weighted by Crippen LogP contribution is 2.40. The number of fused-ring (bicyclic) bond motifs is 3. The SMILES string of the molecule is CC[C@@H](C)Oc1ccc2cc(S(=O)(=O)N[C@H](C(=O)N3C4CCC3CC(N)C4)C(F)(F)c3ccc(Br)cc3)ccc2c1. The van der Waals surface area contributed by atoms with E-state index in [0.29, 0.717) is 41.3 Å². The Morgan fingerprint density at radius 1 is 1.07 bits per heavy atom. The number of nitrogens with two attached hydrogens (primary N) is 1. The van der Waals surface area contributed by atoms with Gasteiger partial charge in [0.25, 0.3) is 5.92 Å². The topological polar surface area (TPSA) is 102 Å². The molecule has 2 saturated heterocycles. The predicted molar refractivity (Wildman–Crippen MR) is 157 cm³/mol. The molecule has 0 radical (unpaired) electrons. The van der Waals surface area contributed by atoms with Gasteiger partial charge in [0.1, 0.15) is 5.75 Å². The van der Waals surface area contributed by atoms with E-state index in [0.717, 1.165) is 11.8 Å². The van der Waals surface area contributed by atoms with Gasteiger partial charge in [0.05, 0.1) is 11.0 Å². The summed E-state index contributed by atoms with van der Waals surface area (Å²) < 4.78 is 68.1. The van der Waals surface area contributed by atoms with Crippen LogP contribution in [0.5, 0.6) is 5.75 Å². The number of amides is 1. The van der Waals surface area contributed by atoms with E-state index in [-0.39, 0.29) is 29.1 Å². The van der Waals surface area contributed by atoms with Crippen molar-refractivity contribution < 1.29 is 26.7 Å². The molecule has 2 fully saturated rings. The van der Waals surface area contributed by atoms with E-state index >= 15 is 8.78 Å². The van der Waals surface area contributed by atoms with Gasteiger partial charge in [-0.3, -0.25) is 4.79 Å². The quantitative estimate of drug-likeness (QED) is 0.310. The molecule has 3 aromatic carbocycles. The van der Waals surface area contributed by atoms with E-state index in [1.807, 2.05) is 13.8 Å². The van der Waals surface area contributed by atoms with Crippen LogP contribution >= 0.6 is 15.9 Å². The van der Waals surface area contributed by atoms with Crippen molar-refractivity contribution in [3.8, 4) is 5.75 Å². The summed E-state index contributed by atoms with van der Waals surface area (Å²) >= 11 is 3.24. The van der Waals surface area contributed by atoms with Gasteiger partial charge >= 0.3 is 0 Å². The van der Waals surface area contributed by atoms with Crippen LogP contribution in [0, 0.1) is 0 Å². The van der Waals surface area contributed by atoms with Crippen molar-refractivity contribution in [2.45, 2.75) is 87.0 Å². The van der Waals surface area contributed by atoms with Crippen molar-refractivity contribution in [3.05, 3.63) is 70.7 Å². The molecule has 0 aliphatic carbocycles. The lowest BCUT2D eigenvalue weighted by molar-refractivity contribution is -0.149. The zero-order valence-corrected chi connectivity index (χ0v) is 25.3. The second kappa shape index (κ2) is 11.6. The fourth-order valence-corrected chi connectivity index (χ4v) is 7.32. The van der Waals surface area contributed by atoms with Gasteiger partial charge in [-0.25, -0.2) is 8.42 Å². The molecule has 7 nitrogen and oxygen atoms in total. The Bertz CT molecular complexity index is 1520. The number of benzene rings is 3. The van der Waals surface area contributed by atoms with Gasteiger partial charge in [0.15, 0.2) is 6.04 Å². The highest BCUT2D eigenvalue weighted by Gasteiger charge is 2.53. The van der Waals surface area contributed by atoms with Gasteiger partial charge < -0.3 is 15.4 Å². The van der Waals surface area contributed by atoms with Crippen LogP contribution in [0.15, 0.2) is 70.0 Å². The second-order valence-corrected chi connectivity index (χ2v) is 13.7. The summed E-state index contributed by atoms with van der Waals surface area (Å²) in [6.45, 7) is 3.97. The molecule has 4 atom stereocenters. The first-order valence-electron chi connectivity index (χ1n) is 13.8. The van der Waals surface area contributed by atoms with Crippen LogP contribution in [-0.2, 0) is 20.7 Å². The lowest BCUT2D eigenvalue weighted by atomic mass is 9.95. The molecule has 0 spiro atoms. The lowest BCUT2D eigenvalue weighted by Crippen LogP contribution is -2.60. The largest absolute Gasteiger partial charge is 0.491 e. The Kier molecular flexibility index (Phi) is 8.44. The van der Waals surface area contributed by atoms with E-state index in [1.165, 1.54) is 41.3 Å². The third-order valence-electron chi connectivity index (χ3n) is 8.14. The van der Waals surface area contributed by atoms with Crippen LogP contribution in [0.1, 0.15) is 51.5 Å². The van der Waals surface area contributed by atoms with E-state index in [4.69, 9.17) is 10.5 Å². The molecule has 3 N–H and O–H groups in total. The number of nitrogens with zero attached hydrogens (tertiary/aromatic N) is 1. The number of ether oxygens (including phenoxy) is 1. The predicted octanol–water partition coefficient (Wildman–Crippen LogP) is 5.70. The van der Waals surface area contributed by atoms with Gasteiger partial charge in [-0.05, 0) is 86.2 Å². The summed E-state index contributed by atoms with van der Waals surface area (Å²) in [5.41, 5.74) is 5.68. The Labute approximate surface area is 247 Å². The number of carbonyl (C=O) groups excluding carboxylic acids is 1. The number of hydrogen-bond acceptors (Lipinski definition) is 5. The Morgan fingerprint density at radius 3 is 2.32 bits per heavy atom. The molecule has 0 saturated carbocycles. The fourth-order valence-electron chi connectivity index (χ4n) is 5.83. The zero-order chi connectivity index (χ0) is 29.5. The number of carbonyl (C=O) groups is 1. The lowest BCUT2D eigenvalue weighted by Gasteiger charge is -2.41. The summed E-state index contributed by atoms with van der Waals surface area (Å²) in [6, 6.07) is 11.8. The first kappa shape index (κ1) is 29.9. The van der Waals surface area contributed by atoms with Gasteiger partial charge in [-0.15, -0.1) is 0 Å². The molecule has 2 aliphatic heterocycles. The number of piperidine rings is 1. The molecule has 220 valence electrons. The highest BCUT2D eigenvalue weighted by atomic mass is 79.9. The third-order valence-corrected chi connectivity index (χ3v) is 10.1. The second-order valence-electron chi connectivity index (χ2n) is 11.1. The van der Waals surface area contributed by atoms with E-state index in [2.05, 4.69) is 20.7 Å². The smallest absolute Gasteiger partial charge is 0.298 e. The summed E-state index contributed by atoms with van der Waals surface area (Å²) in [4.78, 5) is 15.1. The number of alkyl halides is 2. The first-order valence-corrected chi connectivity index (χ1v) is 16.1. The van der Waals surface area contributed by atoms with Crippen LogP contribution < -0.4 is 15.2 Å². The standard InChI is InChI=1S/C30H34BrF2N3O4S/c1-3-18(2)40-26-12-4-20-15-27(13-5-19(20)14-26)41(38,39)35-28(30(32,33)21-6-8-22(31)9-7-21)29(37)36-24-10-11-25(36)17-23(34)16-24/h4-9,12-15,18,23-25,28,35H,3,10-11,16-17,34H2,1-2H3/t18-,23?,24?,25?,28-/m1/s1. The van der Waals surface area contributed by atoms with Gasteiger partial charge in [-0.2, -0.15) is 13.5 Å². The van der Waals surface area contributed by atoms with Crippen molar-refractivity contribution in [1.29, 1.82) is 0 Å². The molecular formula is C30H34BrF2N3O4S. The van der Waals surface area contributed by atoms with Crippen molar-refractivity contribution in [2.75, 3.05) is 0 Å². The number of nitrogens with one attached hydrogen (secondary N) is 1. The van der Waals surface area contributed by atoms with Gasteiger partial charge in [0.2, 0.25) is 15.9 Å². The van der Waals surface area contributed by atoms with E-state index in [1.54, 1.807) is 24.3 Å². The molecule has 2 unspecified atom stereocenters. The fraction of sp³-hybridized carbons (Fsp3) is 0.433. The molecular weight excluding hydrogens is 616 g/mol. The normalized spacial score (nSPS) is 22.5. The molecule has 41 heavy (non-hydrogen) atoms. The molecule has 2 heterocycles. The number of rotatable bonds is 9. The zero-order valence-electron chi connectivity index (χ0n) is 22.9. The molecule has 5 rings (SSSR count). The van der Waals surface area contributed by atoms with Crippen molar-refractivity contribution in [1.82, 2.24) is 9.62 Å². The molecule has 2 aliphatic rings. The monoisotopic (exact) mass is 649 g/mol. The van der Waals surface area contributed by atoms with Crippen molar-refractivity contribution in [2.24, 2.45) is 5.73 Å². The minimum absolute atomic E-state index is 0.0176. The number of halogens is 3. The maximum atomic E-state index is 16.2. The Hall–Kier alpha value is -2.60. The van der Waals surface area contributed by atoms with Crippen LogP contribution in [0.2, 0.25) is 0 Å². The Morgan fingerprint density at radius 2 is 1.68 bits per heavy atom. The van der Waals surface area contributed by atoms with Crippen LogP contribution in [-0.4, -0.2) is 49.5 Å². The van der Waals surface area contributed by atoms with Crippen LogP contribution in [0.25, 0.3) is 10.8 Å². The van der Waals surface area contributed by atoms with Crippen LogP contribution in [0.3, 0.4) is 0 Å². The molecule has 2 bridgehead atoms. The molecule has 1 amide bonds. The number of sulfonamides is 1. The van der Waals surface area contributed by atoms with Gasteiger partial charge in [0, 0.05) is 28.2 Å². The molecule has 0 aromatic heterocycles.